The Kier molecular flexibility index (Phi) is 6.76. The normalized spacial score (nSPS) is 25.8. The summed E-state index contributed by atoms with van der Waals surface area (Å²) in [4.78, 5) is 8.83. The van der Waals surface area contributed by atoms with Crippen LogP contribution in [-0.4, -0.2) is 81.5 Å². The van der Waals surface area contributed by atoms with E-state index >= 15 is 0 Å². The van der Waals surface area contributed by atoms with E-state index in [4.69, 9.17) is 0 Å². The highest BCUT2D eigenvalue weighted by Gasteiger charge is 2.41. The first-order chi connectivity index (χ1) is 11.7. The first kappa shape index (κ1) is 20.5. The third kappa shape index (κ3) is 4.88. The van der Waals surface area contributed by atoms with Gasteiger partial charge in [-0.1, -0.05) is 19.3 Å². The van der Waals surface area contributed by atoms with Crippen LogP contribution in [0, 0.1) is 5.92 Å². The fourth-order valence-electron chi connectivity index (χ4n) is 4.14. The summed E-state index contributed by atoms with van der Waals surface area (Å²) >= 11 is 0. The summed E-state index contributed by atoms with van der Waals surface area (Å²) in [6, 6.07) is 0.485. The van der Waals surface area contributed by atoms with Gasteiger partial charge in [0, 0.05) is 32.7 Å². The summed E-state index contributed by atoms with van der Waals surface area (Å²) in [5.41, 5.74) is 0. The lowest BCUT2D eigenvalue weighted by Crippen LogP contribution is -2.58. The minimum Gasteiger partial charge on any atom is -0.355 e. The standard InChI is InChI=1S/C18H36N4O2S/c1-18(2)14-22(11-12-25(18,23)24)17(19-3)20-13-16(21(4)5)15-9-7-6-8-10-15/h15-16H,6-14H2,1-5H3,(H,19,20). The molecule has 6 nitrogen and oxygen atoms in total. The minimum absolute atomic E-state index is 0.195. The molecule has 0 aromatic carbocycles. The largest absolute Gasteiger partial charge is 0.355 e. The number of rotatable bonds is 4. The highest BCUT2D eigenvalue weighted by molar-refractivity contribution is 7.92. The average Bonchev–Trinajstić information content (AvgIpc) is 2.55. The van der Waals surface area contributed by atoms with Gasteiger partial charge in [-0.05, 0) is 46.7 Å². The molecule has 1 saturated heterocycles. The van der Waals surface area contributed by atoms with Gasteiger partial charge < -0.3 is 15.1 Å². The lowest BCUT2D eigenvalue weighted by Gasteiger charge is -2.40. The zero-order chi connectivity index (χ0) is 18.7. The third-order valence-electron chi connectivity index (χ3n) is 5.88. The molecule has 1 N–H and O–H groups in total. The van der Waals surface area contributed by atoms with E-state index in [9.17, 15) is 8.42 Å². The van der Waals surface area contributed by atoms with E-state index in [1.165, 1.54) is 32.1 Å². The zero-order valence-corrected chi connectivity index (χ0v) is 17.4. The van der Waals surface area contributed by atoms with Gasteiger partial charge in [-0.2, -0.15) is 0 Å². The van der Waals surface area contributed by atoms with Gasteiger partial charge in [-0.15, -0.1) is 0 Å². The predicted octanol–water partition coefficient (Wildman–Crippen LogP) is 1.58. The van der Waals surface area contributed by atoms with Crippen molar-refractivity contribution in [2.75, 3.05) is 46.5 Å². The molecule has 25 heavy (non-hydrogen) atoms. The van der Waals surface area contributed by atoms with Gasteiger partial charge in [-0.3, -0.25) is 4.99 Å². The number of aliphatic imine (C=N–C) groups is 1. The Morgan fingerprint density at radius 1 is 1.28 bits per heavy atom. The summed E-state index contributed by atoms with van der Waals surface area (Å²) in [6.07, 6.45) is 6.64. The summed E-state index contributed by atoms with van der Waals surface area (Å²) < 4.78 is 23.7. The van der Waals surface area contributed by atoms with Gasteiger partial charge in [0.1, 0.15) is 0 Å². The van der Waals surface area contributed by atoms with Crippen molar-refractivity contribution in [3.63, 3.8) is 0 Å². The molecule has 1 saturated carbocycles. The van der Waals surface area contributed by atoms with Crippen molar-refractivity contribution in [2.45, 2.75) is 56.7 Å². The van der Waals surface area contributed by atoms with Crippen LogP contribution in [0.25, 0.3) is 0 Å². The van der Waals surface area contributed by atoms with Crippen LogP contribution < -0.4 is 5.32 Å². The molecule has 1 aliphatic heterocycles. The lowest BCUT2D eigenvalue weighted by molar-refractivity contribution is 0.170. The van der Waals surface area contributed by atoms with Crippen molar-refractivity contribution in [2.24, 2.45) is 10.9 Å². The summed E-state index contributed by atoms with van der Waals surface area (Å²) in [7, 11) is 3.06. The van der Waals surface area contributed by atoms with E-state index in [0.717, 1.165) is 18.4 Å². The van der Waals surface area contributed by atoms with E-state index in [1.807, 2.05) is 13.8 Å². The van der Waals surface area contributed by atoms with Crippen molar-refractivity contribution < 1.29 is 8.42 Å². The van der Waals surface area contributed by atoms with E-state index < -0.39 is 14.6 Å². The first-order valence-electron chi connectivity index (χ1n) is 9.52. The molecule has 1 heterocycles. The average molecular weight is 373 g/mol. The molecule has 2 rings (SSSR count). The number of guanidine groups is 1. The quantitative estimate of drug-likeness (QED) is 0.600. The fraction of sp³-hybridized carbons (Fsp3) is 0.944. The van der Waals surface area contributed by atoms with E-state index in [1.54, 1.807) is 7.05 Å². The van der Waals surface area contributed by atoms with Crippen molar-refractivity contribution in [3.8, 4) is 0 Å². The Balaban J connectivity index is 1.99. The first-order valence-corrected chi connectivity index (χ1v) is 11.2. The highest BCUT2D eigenvalue weighted by atomic mass is 32.2. The van der Waals surface area contributed by atoms with Crippen LogP contribution >= 0.6 is 0 Å². The smallest absolute Gasteiger partial charge is 0.193 e. The van der Waals surface area contributed by atoms with Crippen molar-refractivity contribution >= 4 is 15.8 Å². The van der Waals surface area contributed by atoms with Gasteiger partial charge >= 0.3 is 0 Å². The third-order valence-corrected chi connectivity index (χ3v) is 8.41. The monoisotopic (exact) mass is 372 g/mol. The van der Waals surface area contributed by atoms with Crippen LogP contribution in [0.2, 0.25) is 0 Å². The number of sulfone groups is 1. The molecule has 146 valence electrons. The highest BCUT2D eigenvalue weighted by Crippen LogP contribution is 2.28. The molecular weight excluding hydrogens is 336 g/mol. The SMILES string of the molecule is CN=C(NCC(C1CCCCC1)N(C)C)N1CCS(=O)(=O)C(C)(C)C1. The predicted molar refractivity (Wildman–Crippen MR) is 105 cm³/mol. The van der Waals surface area contributed by atoms with Gasteiger partial charge in [0.15, 0.2) is 15.8 Å². The lowest BCUT2D eigenvalue weighted by atomic mass is 9.83. The second-order valence-corrected chi connectivity index (χ2v) is 11.1. The number of nitrogens with one attached hydrogen (secondary N) is 1. The maximum Gasteiger partial charge on any atom is 0.193 e. The second-order valence-electron chi connectivity index (χ2n) is 8.36. The maximum absolute atomic E-state index is 12.2. The zero-order valence-electron chi connectivity index (χ0n) is 16.6. The van der Waals surface area contributed by atoms with Crippen LogP contribution in [0.4, 0.5) is 0 Å². The Morgan fingerprint density at radius 3 is 2.44 bits per heavy atom. The van der Waals surface area contributed by atoms with E-state index in [2.05, 4.69) is 34.2 Å². The Labute approximate surface area is 154 Å². The molecule has 0 spiro atoms. The van der Waals surface area contributed by atoms with Crippen molar-refractivity contribution in [1.82, 2.24) is 15.1 Å². The molecule has 0 amide bonds. The molecule has 1 aliphatic carbocycles. The molecule has 2 aliphatic rings. The molecule has 1 unspecified atom stereocenters. The molecule has 2 fully saturated rings. The Morgan fingerprint density at radius 2 is 1.92 bits per heavy atom. The number of nitrogens with zero attached hydrogens (tertiary/aromatic N) is 3. The van der Waals surface area contributed by atoms with Crippen LogP contribution in [-0.2, 0) is 9.84 Å². The van der Waals surface area contributed by atoms with Crippen molar-refractivity contribution in [3.05, 3.63) is 0 Å². The summed E-state index contributed by atoms with van der Waals surface area (Å²) in [5.74, 6) is 1.75. The Hall–Kier alpha value is -0.820. The molecule has 0 bridgehead atoms. The number of hydrogen-bond acceptors (Lipinski definition) is 4. The molecular formula is C18H36N4O2S. The van der Waals surface area contributed by atoms with Gasteiger partial charge in [0.2, 0.25) is 0 Å². The van der Waals surface area contributed by atoms with Crippen LogP contribution in [0.1, 0.15) is 46.0 Å². The van der Waals surface area contributed by atoms with Crippen molar-refractivity contribution in [1.29, 1.82) is 0 Å². The fourth-order valence-corrected chi connectivity index (χ4v) is 5.51. The second kappa shape index (κ2) is 8.25. The number of likely N-dealkylation sites (N-methyl/N-ethyl adjacent to an activating group) is 1. The maximum atomic E-state index is 12.2. The van der Waals surface area contributed by atoms with Gasteiger partial charge in [-0.25, -0.2) is 8.42 Å². The topological polar surface area (TPSA) is 65.0 Å². The van der Waals surface area contributed by atoms with Gasteiger partial charge in [0.05, 0.1) is 10.5 Å². The molecule has 1 atom stereocenters. The molecule has 0 aromatic rings. The van der Waals surface area contributed by atoms with Crippen LogP contribution in [0.3, 0.4) is 0 Å². The van der Waals surface area contributed by atoms with E-state index in [-0.39, 0.29) is 5.75 Å². The van der Waals surface area contributed by atoms with Crippen LogP contribution in [0.15, 0.2) is 4.99 Å². The van der Waals surface area contributed by atoms with E-state index in [0.29, 0.717) is 19.1 Å². The summed E-state index contributed by atoms with van der Waals surface area (Å²) in [5, 5.41) is 3.52. The number of hydrogen-bond donors (Lipinski definition) is 1. The molecule has 7 heteroatoms. The van der Waals surface area contributed by atoms with Gasteiger partial charge in [0.25, 0.3) is 0 Å². The Bertz CT molecular complexity index is 566. The molecule has 0 radical (unpaired) electrons. The van der Waals surface area contributed by atoms with Crippen LogP contribution in [0.5, 0.6) is 0 Å². The minimum atomic E-state index is -3.03. The summed E-state index contributed by atoms with van der Waals surface area (Å²) in [6.45, 7) is 5.49. The molecule has 0 aromatic heterocycles.